The molecule has 1 rings (SSSR count). The zero-order valence-electron chi connectivity index (χ0n) is 6.61. The molecule has 1 aliphatic rings. The summed E-state index contributed by atoms with van der Waals surface area (Å²) in [5.41, 5.74) is 2.81. The lowest BCUT2D eigenvalue weighted by Gasteiger charge is -2.22. The molecule has 56 valence electrons. The molecule has 1 aliphatic heterocycles. The topological polar surface area (TPSA) is 3.24 Å². The third-order valence-corrected chi connectivity index (χ3v) is 2.62. The summed E-state index contributed by atoms with van der Waals surface area (Å²) in [4.78, 5) is 2.17. The Hall–Kier alpha value is -0.240. The summed E-state index contributed by atoms with van der Waals surface area (Å²) in [5, 5.41) is 0. The predicted molar refractivity (Wildman–Crippen MR) is 48.0 cm³/mol. The van der Waals surface area contributed by atoms with Gasteiger partial charge in [0.1, 0.15) is 0 Å². The standard InChI is InChI=1S/C8H12BrN/c1-6-4-10(3)5-8(9)7(6)2/h5H,4H2,1-3H3. The molecule has 0 atom stereocenters. The minimum absolute atomic E-state index is 1.06. The van der Waals surface area contributed by atoms with Gasteiger partial charge in [-0.25, -0.2) is 0 Å². The van der Waals surface area contributed by atoms with Crippen molar-refractivity contribution in [3.05, 3.63) is 21.8 Å². The van der Waals surface area contributed by atoms with Crippen molar-refractivity contribution < 1.29 is 0 Å². The van der Waals surface area contributed by atoms with Crippen molar-refractivity contribution in [3.63, 3.8) is 0 Å². The second kappa shape index (κ2) is 2.79. The van der Waals surface area contributed by atoms with Gasteiger partial charge in [-0.1, -0.05) is 5.57 Å². The van der Waals surface area contributed by atoms with E-state index in [4.69, 9.17) is 0 Å². The highest BCUT2D eigenvalue weighted by Gasteiger charge is 2.08. The molecular formula is C8H12BrN. The first-order valence-corrected chi connectivity index (χ1v) is 4.15. The van der Waals surface area contributed by atoms with Crippen molar-refractivity contribution in [1.29, 1.82) is 0 Å². The molecule has 0 saturated heterocycles. The third kappa shape index (κ3) is 1.43. The molecular weight excluding hydrogens is 190 g/mol. The van der Waals surface area contributed by atoms with E-state index in [1.54, 1.807) is 0 Å². The smallest absolute Gasteiger partial charge is 0.0383 e. The number of rotatable bonds is 0. The van der Waals surface area contributed by atoms with E-state index in [-0.39, 0.29) is 0 Å². The Morgan fingerprint density at radius 2 is 2.10 bits per heavy atom. The first kappa shape index (κ1) is 7.86. The zero-order valence-corrected chi connectivity index (χ0v) is 8.20. The molecule has 0 aromatic rings. The largest absolute Gasteiger partial charge is 0.376 e. The number of hydrogen-bond acceptors (Lipinski definition) is 1. The summed E-state index contributed by atoms with van der Waals surface area (Å²) < 4.78 is 1.21. The van der Waals surface area contributed by atoms with Gasteiger partial charge in [0.25, 0.3) is 0 Å². The highest BCUT2D eigenvalue weighted by atomic mass is 79.9. The monoisotopic (exact) mass is 201 g/mol. The van der Waals surface area contributed by atoms with E-state index in [1.165, 1.54) is 15.6 Å². The summed E-state index contributed by atoms with van der Waals surface area (Å²) in [6.07, 6.45) is 2.11. The van der Waals surface area contributed by atoms with Crippen molar-refractivity contribution in [1.82, 2.24) is 4.90 Å². The van der Waals surface area contributed by atoms with Crippen molar-refractivity contribution in [3.8, 4) is 0 Å². The molecule has 0 spiro atoms. The molecule has 2 heteroatoms. The molecule has 0 aliphatic carbocycles. The minimum Gasteiger partial charge on any atom is -0.376 e. The van der Waals surface area contributed by atoms with Gasteiger partial charge in [0.15, 0.2) is 0 Å². The number of hydrogen-bond donors (Lipinski definition) is 0. The lowest BCUT2D eigenvalue weighted by Crippen LogP contribution is -2.18. The molecule has 1 nitrogen and oxygen atoms in total. The van der Waals surface area contributed by atoms with Gasteiger partial charge >= 0.3 is 0 Å². The van der Waals surface area contributed by atoms with Gasteiger partial charge in [0.05, 0.1) is 0 Å². The fourth-order valence-corrected chi connectivity index (χ4v) is 1.72. The van der Waals surface area contributed by atoms with Gasteiger partial charge in [0, 0.05) is 24.3 Å². The average molecular weight is 202 g/mol. The molecule has 0 unspecified atom stereocenters. The second-order valence-electron chi connectivity index (χ2n) is 2.80. The number of nitrogens with zero attached hydrogens (tertiary/aromatic N) is 1. The Balaban J connectivity index is 2.90. The van der Waals surface area contributed by atoms with E-state index < -0.39 is 0 Å². The van der Waals surface area contributed by atoms with Crippen molar-refractivity contribution in [2.75, 3.05) is 13.6 Å². The van der Waals surface area contributed by atoms with Gasteiger partial charge in [-0.3, -0.25) is 0 Å². The first-order chi connectivity index (χ1) is 4.61. The second-order valence-corrected chi connectivity index (χ2v) is 3.65. The van der Waals surface area contributed by atoms with Crippen LogP contribution < -0.4 is 0 Å². The Labute approximate surface area is 70.5 Å². The van der Waals surface area contributed by atoms with Crippen LogP contribution >= 0.6 is 15.9 Å². The van der Waals surface area contributed by atoms with Crippen LogP contribution in [0.25, 0.3) is 0 Å². The van der Waals surface area contributed by atoms with E-state index in [0.29, 0.717) is 0 Å². The van der Waals surface area contributed by atoms with Crippen LogP contribution in [0.4, 0.5) is 0 Å². The molecule has 10 heavy (non-hydrogen) atoms. The number of likely N-dealkylation sites (N-methyl/N-ethyl adjacent to an activating group) is 1. The van der Waals surface area contributed by atoms with Crippen LogP contribution in [0.2, 0.25) is 0 Å². The van der Waals surface area contributed by atoms with Crippen LogP contribution in [0.15, 0.2) is 21.8 Å². The van der Waals surface area contributed by atoms with Crippen LogP contribution in [0.5, 0.6) is 0 Å². The average Bonchev–Trinajstić information content (AvgIpc) is 1.82. The molecule has 0 saturated carbocycles. The van der Waals surface area contributed by atoms with Gasteiger partial charge < -0.3 is 4.90 Å². The molecule has 0 bridgehead atoms. The quantitative estimate of drug-likeness (QED) is 0.583. The summed E-state index contributed by atoms with van der Waals surface area (Å²) in [7, 11) is 2.08. The van der Waals surface area contributed by atoms with Gasteiger partial charge in [0.2, 0.25) is 0 Å². The van der Waals surface area contributed by atoms with Crippen LogP contribution in [0.1, 0.15) is 13.8 Å². The maximum atomic E-state index is 3.50. The Kier molecular flexibility index (Phi) is 2.19. The van der Waals surface area contributed by atoms with Gasteiger partial charge in [-0.2, -0.15) is 0 Å². The number of halogens is 1. The van der Waals surface area contributed by atoms with Crippen molar-refractivity contribution >= 4 is 15.9 Å². The summed E-state index contributed by atoms with van der Waals surface area (Å²) in [6.45, 7) is 5.37. The fourth-order valence-electron chi connectivity index (χ4n) is 1.03. The third-order valence-electron chi connectivity index (χ3n) is 1.82. The molecule has 0 aromatic carbocycles. The van der Waals surface area contributed by atoms with Crippen LogP contribution in [0.3, 0.4) is 0 Å². The van der Waals surface area contributed by atoms with E-state index in [1.807, 2.05) is 0 Å². The Bertz CT molecular complexity index is 203. The van der Waals surface area contributed by atoms with Gasteiger partial charge in [-0.05, 0) is 35.4 Å². The Morgan fingerprint density at radius 1 is 1.50 bits per heavy atom. The van der Waals surface area contributed by atoms with Crippen molar-refractivity contribution in [2.24, 2.45) is 0 Å². The predicted octanol–water partition coefficient (Wildman–Crippen LogP) is 2.50. The summed E-state index contributed by atoms with van der Waals surface area (Å²) >= 11 is 3.50. The first-order valence-electron chi connectivity index (χ1n) is 3.35. The SMILES string of the molecule is CC1=C(C)C(Br)=CN(C)C1. The van der Waals surface area contributed by atoms with E-state index >= 15 is 0 Å². The Morgan fingerprint density at radius 3 is 2.60 bits per heavy atom. The van der Waals surface area contributed by atoms with Crippen LogP contribution in [-0.4, -0.2) is 18.5 Å². The minimum atomic E-state index is 1.06. The van der Waals surface area contributed by atoms with E-state index in [9.17, 15) is 0 Å². The maximum Gasteiger partial charge on any atom is 0.0383 e. The molecule has 0 radical (unpaired) electrons. The molecule has 1 heterocycles. The van der Waals surface area contributed by atoms with Gasteiger partial charge in [-0.15, -0.1) is 0 Å². The highest BCUT2D eigenvalue weighted by molar-refractivity contribution is 9.12. The maximum absolute atomic E-state index is 3.50. The lowest BCUT2D eigenvalue weighted by molar-refractivity contribution is 0.486. The summed E-state index contributed by atoms with van der Waals surface area (Å²) in [5.74, 6) is 0. The molecule has 0 N–H and O–H groups in total. The highest BCUT2D eigenvalue weighted by Crippen LogP contribution is 2.24. The zero-order chi connectivity index (χ0) is 7.72. The summed E-state index contributed by atoms with van der Waals surface area (Å²) in [6, 6.07) is 0. The van der Waals surface area contributed by atoms with Crippen LogP contribution in [0, 0.1) is 0 Å². The molecule has 0 fully saturated rings. The van der Waals surface area contributed by atoms with E-state index in [0.717, 1.165) is 6.54 Å². The van der Waals surface area contributed by atoms with Crippen LogP contribution in [-0.2, 0) is 0 Å². The van der Waals surface area contributed by atoms with E-state index in [2.05, 4.69) is 47.9 Å². The van der Waals surface area contributed by atoms with Crippen molar-refractivity contribution in [2.45, 2.75) is 13.8 Å². The number of allylic oxidation sites excluding steroid dienone is 2. The lowest BCUT2D eigenvalue weighted by atomic mass is 10.1. The molecule has 0 aromatic heterocycles. The molecule has 0 amide bonds. The fraction of sp³-hybridized carbons (Fsp3) is 0.500. The normalized spacial score (nSPS) is 19.6.